The molecule has 0 bridgehead atoms. The number of rotatable bonds is 5. The number of aliphatic hydroxyl groups is 1. The Hall–Kier alpha value is -1.24. The number of hydrogen-bond acceptors (Lipinski definition) is 6. The molecule has 1 aliphatic rings. The molecule has 2 N–H and O–H groups in total. The van der Waals surface area contributed by atoms with Gasteiger partial charge in [-0.1, -0.05) is 0 Å². The van der Waals surface area contributed by atoms with Gasteiger partial charge in [-0.25, -0.2) is 9.97 Å². The Morgan fingerprint density at radius 3 is 2.67 bits per heavy atom. The summed E-state index contributed by atoms with van der Waals surface area (Å²) in [6.07, 6.45) is 3.32. The maximum absolute atomic E-state index is 9.13. The minimum atomic E-state index is -0.335. The number of nitrogens with one attached hydrogen (secondary N) is 1. The van der Waals surface area contributed by atoms with Crippen molar-refractivity contribution in [3.05, 3.63) is 18.0 Å². The molecule has 18 heavy (non-hydrogen) atoms. The average Bonchev–Trinajstić information content (AvgIpc) is 2.40. The van der Waals surface area contributed by atoms with Gasteiger partial charge in [0.2, 0.25) is 5.95 Å². The van der Waals surface area contributed by atoms with Crippen molar-refractivity contribution >= 4 is 5.95 Å². The van der Waals surface area contributed by atoms with E-state index in [1.54, 1.807) is 6.92 Å². The van der Waals surface area contributed by atoms with Gasteiger partial charge in [0.05, 0.1) is 19.3 Å². The Morgan fingerprint density at radius 1 is 1.39 bits per heavy atom. The van der Waals surface area contributed by atoms with E-state index in [-0.39, 0.29) is 6.10 Å². The van der Waals surface area contributed by atoms with E-state index < -0.39 is 0 Å². The second kappa shape index (κ2) is 6.63. The molecular formula is C12H20N4O2. The summed E-state index contributed by atoms with van der Waals surface area (Å²) in [6, 6.07) is 0. The summed E-state index contributed by atoms with van der Waals surface area (Å²) < 4.78 is 5.29. The number of morpholine rings is 1. The number of aliphatic hydroxyl groups excluding tert-OH is 1. The fourth-order valence-electron chi connectivity index (χ4n) is 1.79. The first-order valence-electron chi connectivity index (χ1n) is 6.28. The standard InChI is InChI=1S/C12H20N4O2/c1-10(17)6-13-7-11-8-14-12(15-9-11)16-2-4-18-5-3-16/h8-10,13,17H,2-7H2,1H3/t10-/m1/s1. The van der Waals surface area contributed by atoms with Crippen LogP contribution in [0.1, 0.15) is 12.5 Å². The van der Waals surface area contributed by atoms with Crippen molar-refractivity contribution in [1.82, 2.24) is 15.3 Å². The molecule has 0 unspecified atom stereocenters. The quantitative estimate of drug-likeness (QED) is 0.755. The van der Waals surface area contributed by atoms with Crippen LogP contribution in [0.4, 0.5) is 5.95 Å². The number of hydrogen-bond donors (Lipinski definition) is 2. The predicted octanol–water partition coefficient (Wildman–Crippen LogP) is -0.216. The van der Waals surface area contributed by atoms with Crippen molar-refractivity contribution in [3.63, 3.8) is 0 Å². The third-order valence-electron chi connectivity index (χ3n) is 2.75. The fourth-order valence-corrected chi connectivity index (χ4v) is 1.79. The highest BCUT2D eigenvalue weighted by Crippen LogP contribution is 2.09. The van der Waals surface area contributed by atoms with Gasteiger partial charge < -0.3 is 20.1 Å². The maximum atomic E-state index is 9.13. The van der Waals surface area contributed by atoms with Crippen LogP contribution in [0.5, 0.6) is 0 Å². The monoisotopic (exact) mass is 252 g/mol. The van der Waals surface area contributed by atoms with E-state index in [0.717, 1.165) is 37.8 Å². The largest absolute Gasteiger partial charge is 0.392 e. The van der Waals surface area contributed by atoms with Gasteiger partial charge >= 0.3 is 0 Å². The highest BCUT2D eigenvalue weighted by molar-refractivity contribution is 5.30. The zero-order chi connectivity index (χ0) is 12.8. The van der Waals surface area contributed by atoms with Gasteiger partial charge in [-0.2, -0.15) is 0 Å². The van der Waals surface area contributed by atoms with Gasteiger partial charge in [-0.15, -0.1) is 0 Å². The van der Waals surface area contributed by atoms with Crippen LogP contribution >= 0.6 is 0 Å². The molecule has 0 amide bonds. The average molecular weight is 252 g/mol. The molecule has 1 aliphatic heterocycles. The number of anilines is 1. The van der Waals surface area contributed by atoms with Crippen LogP contribution in [0.3, 0.4) is 0 Å². The molecule has 1 saturated heterocycles. The Labute approximate surface area is 107 Å². The summed E-state index contributed by atoms with van der Waals surface area (Å²) in [5.41, 5.74) is 1.02. The van der Waals surface area contributed by atoms with Crippen LogP contribution in [0, 0.1) is 0 Å². The molecule has 0 spiro atoms. The molecule has 0 aromatic carbocycles. The lowest BCUT2D eigenvalue weighted by atomic mass is 10.3. The summed E-state index contributed by atoms with van der Waals surface area (Å²) in [6.45, 7) is 6.17. The minimum Gasteiger partial charge on any atom is -0.392 e. The lowest BCUT2D eigenvalue weighted by molar-refractivity contribution is 0.122. The molecule has 6 heteroatoms. The molecule has 6 nitrogen and oxygen atoms in total. The fraction of sp³-hybridized carbons (Fsp3) is 0.667. The maximum Gasteiger partial charge on any atom is 0.225 e. The number of ether oxygens (including phenoxy) is 1. The van der Waals surface area contributed by atoms with E-state index in [2.05, 4.69) is 20.2 Å². The van der Waals surface area contributed by atoms with Crippen molar-refractivity contribution in [2.24, 2.45) is 0 Å². The lowest BCUT2D eigenvalue weighted by Crippen LogP contribution is -2.37. The third-order valence-corrected chi connectivity index (χ3v) is 2.75. The molecule has 2 heterocycles. The van der Waals surface area contributed by atoms with Gasteiger partial charge in [0.1, 0.15) is 0 Å². The van der Waals surface area contributed by atoms with Crippen LogP contribution in [0.2, 0.25) is 0 Å². The van der Waals surface area contributed by atoms with Gasteiger partial charge in [-0.3, -0.25) is 0 Å². The van der Waals surface area contributed by atoms with Crippen molar-refractivity contribution in [3.8, 4) is 0 Å². The molecule has 1 aromatic heterocycles. The molecular weight excluding hydrogens is 232 g/mol. The summed E-state index contributed by atoms with van der Waals surface area (Å²) in [5.74, 6) is 0.762. The molecule has 0 radical (unpaired) electrons. The van der Waals surface area contributed by atoms with Crippen molar-refractivity contribution in [2.75, 3.05) is 37.7 Å². The molecule has 1 fully saturated rings. The second-order valence-corrected chi connectivity index (χ2v) is 4.47. The first kappa shape index (κ1) is 13.2. The summed E-state index contributed by atoms with van der Waals surface area (Å²) in [4.78, 5) is 10.8. The molecule has 0 saturated carbocycles. The molecule has 1 aromatic rings. The molecule has 2 rings (SSSR count). The summed E-state index contributed by atoms with van der Waals surface area (Å²) >= 11 is 0. The first-order chi connectivity index (χ1) is 8.75. The third kappa shape index (κ3) is 3.90. The highest BCUT2D eigenvalue weighted by Gasteiger charge is 2.13. The van der Waals surface area contributed by atoms with E-state index in [4.69, 9.17) is 9.84 Å². The van der Waals surface area contributed by atoms with Gasteiger partial charge in [0, 0.05) is 44.1 Å². The lowest BCUT2D eigenvalue weighted by Gasteiger charge is -2.26. The van der Waals surface area contributed by atoms with Gasteiger partial charge in [0.25, 0.3) is 0 Å². The predicted molar refractivity (Wildman–Crippen MR) is 68.5 cm³/mol. The first-order valence-corrected chi connectivity index (χ1v) is 6.28. The second-order valence-electron chi connectivity index (χ2n) is 4.47. The van der Waals surface area contributed by atoms with Crippen molar-refractivity contribution < 1.29 is 9.84 Å². The highest BCUT2D eigenvalue weighted by atomic mass is 16.5. The SMILES string of the molecule is C[C@@H](O)CNCc1cnc(N2CCOCC2)nc1. The molecule has 100 valence electrons. The smallest absolute Gasteiger partial charge is 0.225 e. The van der Waals surface area contributed by atoms with Crippen LogP contribution < -0.4 is 10.2 Å². The summed E-state index contributed by atoms with van der Waals surface area (Å²) in [5, 5.41) is 12.3. The summed E-state index contributed by atoms with van der Waals surface area (Å²) in [7, 11) is 0. The number of aromatic nitrogens is 2. The topological polar surface area (TPSA) is 70.5 Å². The van der Waals surface area contributed by atoms with Crippen LogP contribution in [-0.4, -0.2) is 54.0 Å². The Kier molecular flexibility index (Phi) is 4.86. The Morgan fingerprint density at radius 2 is 2.06 bits per heavy atom. The van der Waals surface area contributed by atoms with Crippen LogP contribution in [0.25, 0.3) is 0 Å². The van der Waals surface area contributed by atoms with Gasteiger partial charge in [-0.05, 0) is 6.92 Å². The van der Waals surface area contributed by atoms with Gasteiger partial charge in [0.15, 0.2) is 0 Å². The van der Waals surface area contributed by atoms with Crippen LogP contribution in [-0.2, 0) is 11.3 Å². The van der Waals surface area contributed by atoms with Crippen molar-refractivity contribution in [1.29, 1.82) is 0 Å². The van der Waals surface area contributed by atoms with E-state index in [9.17, 15) is 0 Å². The van der Waals surface area contributed by atoms with Crippen molar-refractivity contribution in [2.45, 2.75) is 19.6 Å². The normalized spacial score (nSPS) is 17.8. The van der Waals surface area contributed by atoms with E-state index in [0.29, 0.717) is 13.1 Å². The minimum absolute atomic E-state index is 0.335. The zero-order valence-electron chi connectivity index (χ0n) is 10.7. The van der Waals surface area contributed by atoms with E-state index >= 15 is 0 Å². The van der Waals surface area contributed by atoms with E-state index in [1.165, 1.54) is 0 Å². The Balaban J connectivity index is 1.84. The Bertz CT molecular complexity index is 350. The van der Waals surface area contributed by atoms with E-state index in [1.807, 2.05) is 12.4 Å². The molecule has 1 atom stereocenters. The zero-order valence-corrected chi connectivity index (χ0v) is 10.7. The van der Waals surface area contributed by atoms with Crippen LogP contribution in [0.15, 0.2) is 12.4 Å². The number of nitrogens with zero attached hydrogens (tertiary/aromatic N) is 3. The molecule has 0 aliphatic carbocycles.